The third-order valence-corrected chi connectivity index (χ3v) is 3.20. The van der Waals surface area contributed by atoms with Crippen LogP contribution in [0.25, 0.3) is 0 Å². The monoisotopic (exact) mass is 276 g/mol. The van der Waals surface area contributed by atoms with Gasteiger partial charge in [-0.15, -0.1) is 0 Å². The number of aromatic nitrogens is 2. The van der Waals surface area contributed by atoms with Crippen LogP contribution in [0.4, 0.5) is 15.9 Å². The average molecular weight is 276 g/mol. The molecule has 0 unspecified atom stereocenters. The third kappa shape index (κ3) is 3.29. The van der Waals surface area contributed by atoms with Crippen LogP contribution in [0, 0.1) is 12.7 Å². The molecule has 0 aliphatic carbocycles. The first-order chi connectivity index (χ1) is 9.61. The van der Waals surface area contributed by atoms with E-state index in [0.29, 0.717) is 12.2 Å². The Morgan fingerprint density at radius 3 is 2.90 bits per heavy atom. The van der Waals surface area contributed by atoms with Crippen LogP contribution in [-0.4, -0.2) is 16.3 Å². The Morgan fingerprint density at radius 1 is 1.40 bits per heavy atom. The minimum atomic E-state index is -0.200. The van der Waals surface area contributed by atoms with Gasteiger partial charge in [-0.3, -0.25) is 0 Å². The van der Waals surface area contributed by atoms with Gasteiger partial charge in [0.25, 0.3) is 0 Å². The van der Waals surface area contributed by atoms with E-state index in [1.807, 2.05) is 17.7 Å². The van der Waals surface area contributed by atoms with E-state index in [1.54, 1.807) is 12.1 Å². The number of aryl methyl sites for hydroxylation is 2. The van der Waals surface area contributed by atoms with Gasteiger partial charge >= 0.3 is 0 Å². The van der Waals surface area contributed by atoms with Gasteiger partial charge in [0.05, 0.1) is 11.4 Å². The second-order valence-electron chi connectivity index (χ2n) is 4.88. The molecule has 0 amide bonds. The number of anilines is 2. The average Bonchev–Trinajstić information content (AvgIpc) is 2.67. The number of halogens is 1. The number of rotatable bonds is 6. The topological polar surface area (TPSA) is 55.9 Å². The van der Waals surface area contributed by atoms with Crippen molar-refractivity contribution in [3.8, 4) is 0 Å². The molecular formula is C15H21FN4. The standard InChI is InChI=1S/C15H21FN4/c1-3-9-20-15(14(17)11(2)19-20)18-8-7-12-5-4-6-13(16)10-12/h4-6,10,18H,3,7-9,17H2,1-2H3. The largest absolute Gasteiger partial charge is 0.394 e. The van der Waals surface area contributed by atoms with Crippen LogP contribution in [0.1, 0.15) is 24.6 Å². The maximum atomic E-state index is 13.1. The zero-order chi connectivity index (χ0) is 14.5. The lowest BCUT2D eigenvalue weighted by atomic mass is 10.1. The summed E-state index contributed by atoms with van der Waals surface area (Å²) in [6, 6.07) is 6.65. The number of benzene rings is 1. The zero-order valence-corrected chi connectivity index (χ0v) is 12.0. The van der Waals surface area contributed by atoms with Gasteiger partial charge in [-0.25, -0.2) is 9.07 Å². The van der Waals surface area contributed by atoms with Crippen molar-refractivity contribution in [2.24, 2.45) is 0 Å². The molecule has 4 nitrogen and oxygen atoms in total. The predicted molar refractivity (Wildman–Crippen MR) is 80.3 cm³/mol. The van der Waals surface area contributed by atoms with Gasteiger partial charge < -0.3 is 11.1 Å². The molecule has 0 bridgehead atoms. The van der Waals surface area contributed by atoms with E-state index >= 15 is 0 Å². The van der Waals surface area contributed by atoms with Crippen LogP contribution >= 0.6 is 0 Å². The summed E-state index contributed by atoms with van der Waals surface area (Å²) < 4.78 is 15.0. The highest BCUT2D eigenvalue weighted by Gasteiger charge is 2.11. The molecule has 2 aromatic rings. The molecular weight excluding hydrogens is 255 g/mol. The summed E-state index contributed by atoms with van der Waals surface area (Å²) in [5.41, 5.74) is 8.53. The molecule has 0 spiro atoms. The van der Waals surface area contributed by atoms with Gasteiger partial charge in [-0.2, -0.15) is 5.10 Å². The van der Waals surface area contributed by atoms with Crippen molar-refractivity contribution in [2.45, 2.75) is 33.2 Å². The molecule has 3 N–H and O–H groups in total. The molecule has 108 valence electrons. The second kappa shape index (κ2) is 6.41. The first kappa shape index (κ1) is 14.4. The highest BCUT2D eigenvalue weighted by molar-refractivity contribution is 5.64. The van der Waals surface area contributed by atoms with E-state index in [9.17, 15) is 4.39 Å². The molecule has 0 aliphatic rings. The van der Waals surface area contributed by atoms with Crippen LogP contribution in [0.5, 0.6) is 0 Å². The van der Waals surface area contributed by atoms with E-state index < -0.39 is 0 Å². The van der Waals surface area contributed by atoms with Crippen LogP contribution in [-0.2, 0) is 13.0 Å². The Bertz CT molecular complexity index is 577. The van der Waals surface area contributed by atoms with E-state index in [-0.39, 0.29) is 5.82 Å². The molecule has 0 radical (unpaired) electrons. The Labute approximate surface area is 118 Å². The summed E-state index contributed by atoms with van der Waals surface area (Å²) in [7, 11) is 0. The minimum Gasteiger partial charge on any atom is -0.394 e. The third-order valence-electron chi connectivity index (χ3n) is 3.20. The molecule has 0 fully saturated rings. The predicted octanol–water partition coefficient (Wildman–Crippen LogP) is 2.98. The normalized spacial score (nSPS) is 10.8. The van der Waals surface area contributed by atoms with Crippen molar-refractivity contribution < 1.29 is 4.39 Å². The number of hydrogen-bond donors (Lipinski definition) is 2. The zero-order valence-electron chi connectivity index (χ0n) is 12.0. The highest BCUT2D eigenvalue weighted by atomic mass is 19.1. The van der Waals surface area contributed by atoms with Gasteiger partial charge in [0.2, 0.25) is 0 Å². The summed E-state index contributed by atoms with van der Waals surface area (Å²) in [4.78, 5) is 0. The van der Waals surface area contributed by atoms with Crippen LogP contribution in [0.15, 0.2) is 24.3 Å². The van der Waals surface area contributed by atoms with E-state index in [0.717, 1.165) is 36.5 Å². The van der Waals surface area contributed by atoms with Crippen molar-refractivity contribution in [2.75, 3.05) is 17.6 Å². The Kier molecular flexibility index (Phi) is 4.61. The number of nitrogens with two attached hydrogens (primary N) is 1. The molecule has 0 saturated heterocycles. The Hall–Kier alpha value is -2.04. The van der Waals surface area contributed by atoms with Gasteiger partial charge in [-0.1, -0.05) is 19.1 Å². The van der Waals surface area contributed by atoms with Crippen LogP contribution in [0.2, 0.25) is 0 Å². The van der Waals surface area contributed by atoms with E-state index in [4.69, 9.17) is 5.73 Å². The summed E-state index contributed by atoms with van der Waals surface area (Å²) in [6.45, 7) is 5.53. The fraction of sp³-hybridized carbons (Fsp3) is 0.400. The van der Waals surface area contributed by atoms with Crippen LogP contribution in [0.3, 0.4) is 0 Å². The van der Waals surface area contributed by atoms with Gasteiger partial charge in [0, 0.05) is 13.1 Å². The number of hydrogen-bond acceptors (Lipinski definition) is 3. The molecule has 2 rings (SSSR count). The molecule has 0 aliphatic heterocycles. The SMILES string of the molecule is CCCn1nc(C)c(N)c1NCCc1cccc(F)c1. The first-order valence-corrected chi connectivity index (χ1v) is 6.93. The van der Waals surface area contributed by atoms with Crippen LogP contribution < -0.4 is 11.1 Å². The van der Waals surface area contributed by atoms with Crippen molar-refractivity contribution in [3.05, 3.63) is 41.3 Å². The minimum absolute atomic E-state index is 0.200. The maximum absolute atomic E-state index is 13.1. The van der Waals surface area contributed by atoms with Gasteiger partial charge in [0.15, 0.2) is 0 Å². The number of nitrogen functional groups attached to an aromatic ring is 1. The summed E-state index contributed by atoms with van der Waals surface area (Å²) in [5.74, 6) is 0.662. The first-order valence-electron chi connectivity index (χ1n) is 6.93. The molecule has 5 heteroatoms. The molecule has 1 aromatic heterocycles. The Morgan fingerprint density at radius 2 is 2.20 bits per heavy atom. The van der Waals surface area contributed by atoms with Crippen molar-refractivity contribution in [1.29, 1.82) is 0 Å². The summed E-state index contributed by atoms with van der Waals surface area (Å²) >= 11 is 0. The van der Waals surface area contributed by atoms with Crippen molar-refractivity contribution >= 4 is 11.5 Å². The van der Waals surface area contributed by atoms with Gasteiger partial charge in [-0.05, 0) is 37.5 Å². The summed E-state index contributed by atoms with van der Waals surface area (Å²) in [5, 5.41) is 7.72. The summed E-state index contributed by atoms with van der Waals surface area (Å²) in [6.07, 6.45) is 1.74. The lowest BCUT2D eigenvalue weighted by molar-refractivity contribution is 0.602. The maximum Gasteiger partial charge on any atom is 0.148 e. The fourth-order valence-corrected chi connectivity index (χ4v) is 2.17. The smallest absolute Gasteiger partial charge is 0.148 e. The lowest BCUT2D eigenvalue weighted by Gasteiger charge is -2.10. The number of nitrogens with zero attached hydrogens (tertiary/aromatic N) is 2. The molecule has 0 atom stereocenters. The quantitative estimate of drug-likeness (QED) is 0.852. The number of nitrogens with one attached hydrogen (secondary N) is 1. The fourth-order valence-electron chi connectivity index (χ4n) is 2.17. The van der Waals surface area contributed by atoms with Crippen molar-refractivity contribution in [3.63, 3.8) is 0 Å². The highest BCUT2D eigenvalue weighted by Crippen LogP contribution is 2.22. The lowest BCUT2D eigenvalue weighted by Crippen LogP contribution is -2.12. The molecule has 0 saturated carbocycles. The molecule has 20 heavy (non-hydrogen) atoms. The van der Waals surface area contributed by atoms with E-state index in [2.05, 4.69) is 17.3 Å². The Balaban J connectivity index is 2.00. The molecule has 1 aromatic carbocycles. The van der Waals surface area contributed by atoms with Gasteiger partial charge in [0.1, 0.15) is 11.6 Å². The second-order valence-corrected chi connectivity index (χ2v) is 4.88. The van der Waals surface area contributed by atoms with Crippen molar-refractivity contribution in [1.82, 2.24) is 9.78 Å². The molecule has 1 heterocycles. The van der Waals surface area contributed by atoms with E-state index in [1.165, 1.54) is 6.07 Å².